The van der Waals surface area contributed by atoms with Gasteiger partial charge in [0.25, 0.3) is 5.91 Å². The fourth-order valence-corrected chi connectivity index (χ4v) is 3.33. The lowest BCUT2D eigenvalue weighted by atomic mass is 10.1. The SMILES string of the molecule is COCc1ccc(C(=O)NCC(c2ccco2)N2CCCCC2)cc1. The average molecular weight is 342 g/mol. The number of rotatable bonds is 7. The monoisotopic (exact) mass is 342 g/mol. The molecule has 2 aromatic rings. The van der Waals surface area contributed by atoms with Crippen LogP contribution in [0.5, 0.6) is 0 Å². The van der Waals surface area contributed by atoms with E-state index in [4.69, 9.17) is 9.15 Å². The fraction of sp³-hybridized carbons (Fsp3) is 0.450. The molecule has 1 atom stereocenters. The van der Waals surface area contributed by atoms with Crippen molar-refractivity contribution in [2.24, 2.45) is 0 Å². The van der Waals surface area contributed by atoms with Gasteiger partial charge in [0.1, 0.15) is 5.76 Å². The third-order valence-corrected chi connectivity index (χ3v) is 4.69. The van der Waals surface area contributed by atoms with Crippen LogP contribution in [0, 0.1) is 0 Å². The molecule has 1 aromatic heterocycles. The Hall–Kier alpha value is -2.11. The molecule has 1 N–H and O–H groups in total. The van der Waals surface area contributed by atoms with Crippen molar-refractivity contribution in [1.82, 2.24) is 10.2 Å². The summed E-state index contributed by atoms with van der Waals surface area (Å²) in [5.41, 5.74) is 1.72. The molecular weight excluding hydrogens is 316 g/mol. The quantitative estimate of drug-likeness (QED) is 0.838. The predicted octanol–water partition coefficient (Wildman–Crippen LogP) is 3.38. The average Bonchev–Trinajstić information content (AvgIpc) is 3.18. The van der Waals surface area contributed by atoms with Gasteiger partial charge < -0.3 is 14.5 Å². The zero-order chi connectivity index (χ0) is 17.5. The molecule has 1 aromatic carbocycles. The lowest BCUT2D eigenvalue weighted by Gasteiger charge is -2.33. The number of nitrogens with zero attached hydrogens (tertiary/aromatic N) is 1. The smallest absolute Gasteiger partial charge is 0.251 e. The van der Waals surface area contributed by atoms with Gasteiger partial charge in [-0.25, -0.2) is 0 Å². The van der Waals surface area contributed by atoms with E-state index >= 15 is 0 Å². The summed E-state index contributed by atoms with van der Waals surface area (Å²) in [6.45, 7) is 3.20. The van der Waals surface area contributed by atoms with Crippen LogP contribution in [0.15, 0.2) is 47.1 Å². The van der Waals surface area contributed by atoms with E-state index in [1.54, 1.807) is 13.4 Å². The molecule has 1 aliphatic rings. The Morgan fingerprint density at radius 3 is 2.60 bits per heavy atom. The third-order valence-electron chi connectivity index (χ3n) is 4.69. The highest BCUT2D eigenvalue weighted by Crippen LogP contribution is 2.24. The minimum absolute atomic E-state index is 0.0578. The lowest BCUT2D eigenvalue weighted by Crippen LogP contribution is -2.40. The molecule has 0 aliphatic carbocycles. The summed E-state index contributed by atoms with van der Waals surface area (Å²) in [5.74, 6) is 0.857. The highest BCUT2D eigenvalue weighted by molar-refractivity contribution is 5.94. The first-order valence-corrected chi connectivity index (χ1v) is 8.91. The summed E-state index contributed by atoms with van der Waals surface area (Å²) >= 11 is 0. The molecule has 0 bridgehead atoms. The standard InChI is InChI=1S/C20H26N2O3/c1-24-15-16-7-9-17(10-8-16)20(23)21-14-18(19-6-5-13-25-19)22-11-3-2-4-12-22/h5-10,13,18H,2-4,11-12,14-15H2,1H3,(H,21,23). The zero-order valence-corrected chi connectivity index (χ0v) is 14.7. The Morgan fingerprint density at radius 2 is 1.96 bits per heavy atom. The number of carbonyl (C=O) groups is 1. The van der Waals surface area contributed by atoms with E-state index < -0.39 is 0 Å². The number of piperidine rings is 1. The van der Waals surface area contributed by atoms with Gasteiger partial charge in [-0.15, -0.1) is 0 Å². The van der Waals surface area contributed by atoms with Crippen molar-refractivity contribution in [2.45, 2.75) is 31.9 Å². The van der Waals surface area contributed by atoms with Crippen molar-refractivity contribution < 1.29 is 13.9 Å². The second kappa shape index (κ2) is 8.83. The van der Waals surface area contributed by atoms with E-state index in [1.165, 1.54) is 19.3 Å². The second-order valence-electron chi connectivity index (χ2n) is 6.47. The molecular formula is C20H26N2O3. The Kier molecular flexibility index (Phi) is 6.25. The van der Waals surface area contributed by atoms with Gasteiger partial charge in [0.2, 0.25) is 0 Å². The van der Waals surface area contributed by atoms with Crippen LogP contribution in [0.25, 0.3) is 0 Å². The summed E-state index contributed by atoms with van der Waals surface area (Å²) in [6.07, 6.45) is 5.38. The van der Waals surface area contributed by atoms with Crippen LogP contribution in [0.2, 0.25) is 0 Å². The van der Waals surface area contributed by atoms with Crippen molar-refractivity contribution in [3.05, 3.63) is 59.5 Å². The van der Waals surface area contributed by atoms with Gasteiger partial charge in [0.15, 0.2) is 0 Å². The highest BCUT2D eigenvalue weighted by atomic mass is 16.5. The van der Waals surface area contributed by atoms with Crippen molar-refractivity contribution in [1.29, 1.82) is 0 Å². The largest absolute Gasteiger partial charge is 0.468 e. The Balaban J connectivity index is 1.62. The molecule has 2 heterocycles. The summed E-state index contributed by atoms with van der Waals surface area (Å²) in [6, 6.07) is 11.5. The molecule has 25 heavy (non-hydrogen) atoms. The number of likely N-dealkylation sites (tertiary alicyclic amines) is 1. The molecule has 0 saturated carbocycles. The minimum Gasteiger partial charge on any atom is -0.468 e. The van der Waals surface area contributed by atoms with Crippen LogP contribution in [0.1, 0.15) is 47.0 Å². The van der Waals surface area contributed by atoms with Crippen LogP contribution in [-0.2, 0) is 11.3 Å². The van der Waals surface area contributed by atoms with Crippen molar-refractivity contribution in [3.63, 3.8) is 0 Å². The Bertz CT molecular complexity index is 646. The van der Waals surface area contributed by atoms with Gasteiger partial charge in [-0.2, -0.15) is 0 Å². The van der Waals surface area contributed by atoms with Crippen molar-refractivity contribution in [3.8, 4) is 0 Å². The third kappa shape index (κ3) is 4.71. The van der Waals surface area contributed by atoms with Gasteiger partial charge in [-0.05, 0) is 55.8 Å². The Labute approximate surface area is 149 Å². The van der Waals surface area contributed by atoms with Crippen LogP contribution in [0.4, 0.5) is 0 Å². The van der Waals surface area contributed by atoms with E-state index in [2.05, 4.69) is 10.2 Å². The number of ether oxygens (including phenoxy) is 1. The molecule has 1 saturated heterocycles. The first-order valence-electron chi connectivity index (χ1n) is 8.91. The molecule has 1 amide bonds. The van der Waals surface area contributed by atoms with E-state index in [0.717, 1.165) is 24.4 Å². The topological polar surface area (TPSA) is 54.7 Å². The zero-order valence-electron chi connectivity index (χ0n) is 14.7. The number of carbonyl (C=O) groups excluding carboxylic acids is 1. The second-order valence-corrected chi connectivity index (χ2v) is 6.47. The molecule has 3 rings (SSSR count). The normalized spacial score (nSPS) is 16.5. The van der Waals surface area contributed by atoms with Crippen LogP contribution < -0.4 is 5.32 Å². The maximum absolute atomic E-state index is 12.5. The summed E-state index contributed by atoms with van der Waals surface area (Å²) in [7, 11) is 1.66. The molecule has 1 fully saturated rings. The predicted molar refractivity (Wildman–Crippen MR) is 96.4 cm³/mol. The number of benzene rings is 1. The highest BCUT2D eigenvalue weighted by Gasteiger charge is 2.25. The Morgan fingerprint density at radius 1 is 1.20 bits per heavy atom. The van der Waals surface area contributed by atoms with E-state index in [9.17, 15) is 4.79 Å². The number of nitrogens with one attached hydrogen (secondary N) is 1. The number of hydrogen-bond acceptors (Lipinski definition) is 4. The minimum atomic E-state index is -0.0578. The maximum Gasteiger partial charge on any atom is 0.251 e. The molecule has 5 nitrogen and oxygen atoms in total. The molecule has 1 aliphatic heterocycles. The van der Waals surface area contributed by atoms with Gasteiger partial charge in [-0.1, -0.05) is 18.6 Å². The van der Waals surface area contributed by atoms with Crippen LogP contribution >= 0.6 is 0 Å². The maximum atomic E-state index is 12.5. The fourth-order valence-electron chi connectivity index (χ4n) is 3.33. The van der Waals surface area contributed by atoms with Gasteiger partial charge in [0, 0.05) is 19.2 Å². The lowest BCUT2D eigenvalue weighted by molar-refractivity contribution is 0.0914. The van der Waals surface area contributed by atoms with Gasteiger partial charge in [0.05, 0.1) is 18.9 Å². The number of hydrogen-bond donors (Lipinski definition) is 1. The first-order chi connectivity index (χ1) is 12.3. The van der Waals surface area contributed by atoms with Crippen molar-refractivity contribution >= 4 is 5.91 Å². The summed E-state index contributed by atoms with van der Waals surface area (Å²) < 4.78 is 10.7. The van der Waals surface area contributed by atoms with Gasteiger partial charge in [-0.3, -0.25) is 9.69 Å². The van der Waals surface area contributed by atoms with Crippen LogP contribution in [-0.4, -0.2) is 37.6 Å². The van der Waals surface area contributed by atoms with Gasteiger partial charge >= 0.3 is 0 Å². The summed E-state index contributed by atoms with van der Waals surface area (Å²) in [4.78, 5) is 14.9. The number of amides is 1. The van der Waals surface area contributed by atoms with E-state index in [-0.39, 0.29) is 11.9 Å². The van der Waals surface area contributed by atoms with Crippen LogP contribution in [0.3, 0.4) is 0 Å². The molecule has 5 heteroatoms. The molecule has 1 unspecified atom stereocenters. The molecule has 0 spiro atoms. The summed E-state index contributed by atoms with van der Waals surface area (Å²) in [5, 5.41) is 3.06. The first kappa shape index (κ1) is 17.7. The van der Waals surface area contributed by atoms with E-state index in [1.807, 2.05) is 36.4 Å². The van der Waals surface area contributed by atoms with Crippen molar-refractivity contribution in [2.75, 3.05) is 26.7 Å². The number of furan rings is 1. The molecule has 134 valence electrons. The number of methoxy groups -OCH3 is 1. The molecule has 0 radical (unpaired) electrons. The van der Waals surface area contributed by atoms with E-state index in [0.29, 0.717) is 18.7 Å².